The van der Waals surface area contributed by atoms with Gasteiger partial charge in [-0.3, -0.25) is 4.79 Å². The summed E-state index contributed by atoms with van der Waals surface area (Å²) < 4.78 is 0. The zero-order valence-corrected chi connectivity index (χ0v) is 8.74. The maximum Gasteiger partial charge on any atom is 0.216 e. The van der Waals surface area contributed by atoms with Crippen molar-refractivity contribution in [2.24, 2.45) is 5.41 Å². The van der Waals surface area contributed by atoms with E-state index < -0.39 is 0 Å². The lowest BCUT2D eigenvalue weighted by molar-refractivity contribution is -0.118. The fourth-order valence-corrected chi connectivity index (χ4v) is 1.01. The van der Waals surface area contributed by atoms with Crippen LogP contribution >= 0.6 is 0 Å². The van der Waals surface area contributed by atoms with E-state index in [0.717, 1.165) is 13.0 Å². The Morgan fingerprint density at radius 2 is 2.00 bits per heavy atom. The summed E-state index contributed by atoms with van der Waals surface area (Å²) in [5, 5.41) is 2.80. The molecule has 1 amide bonds. The van der Waals surface area contributed by atoms with E-state index in [2.05, 4.69) is 26.1 Å². The second kappa shape index (κ2) is 5.18. The van der Waals surface area contributed by atoms with Crippen molar-refractivity contribution in [1.29, 1.82) is 0 Å². The van der Waals surface area contributed by atoms with E-state index >= 15 is 0 Å². The van der Waals surface area contributed by atoms with Crippen LogP contribution in [0.3, 0.4) is 0 Å². The maximum absolute atomic E-state index is 10.5. The van der Waals surface area contributed by atoms with Crippen molar-refractivity contribution >= 4 is 5.91 Å². The van der Waals surface area contributed by atoms with Crippen molar-refractivity contribution in [3.05, 3.63) is 0 Å². The van der Waals surface area contributed by atoms with Gasteiger partial charge in [-0.2, -0.15) is 0 Å². The fourth-order valence-electron chi connectivity index (χ4n) is 1.01. The lowest BCUT2D eigenvalue weighted by Gasteiger charge is -2.22. The minimum atomic E-state index is 0.0734. The van der Waals surface area contributed by atoms with Crippen LogP contribution in [0.1, 0.15) is 47.0 Å². The molecule has 0 aliphatic carbocycles. The zero-order valence-electron chi connectivity index (χ0n) is 8.74. The molecule has 0 aliphatic rings. The van der Waals surface area contributed by atoms with Crippen molar-refractivity contribution < 1.29 is 4.79 Å². The van der Waals surface area contributed by atoms with Crippen molar-refractivity contribution in [3.63, 3.8) is 0 Å². The third-order valence-electron chi connectivity index (χ3n) is 2.36. The van der Waals surface area contributed by atoms with E-state index in [4.69, 9.17) is 0 Å². The Labute approximate surface area is 75.7 Å². The third kappa shape index (κ3) is 6.20. The van der Waals surface area contributed by atoms with Crippen LogP contribution in [0.2, 0.25) is 0 Å². The molecule has 0 aromatic rings. The second-order valence-electron chi connectivity index (χ2n) is 4.10. The molecule has 1 N–H and O–H groups in total. The Morgan fingerprint density at radius 3 is 2.42 bits per heavy atom. The standard InChI is InChI=1S/C10H21NO/c1-5-10(3,4)7-6-8-11-9(2)12/h5-8H2,1-4H3,(H,11,12). The van der Waals surface area contributed by atoms with E-state index in [1.807, 2.05) is 0 Å². The first-order chi connectivity index (χ1) is 5.48. The quantitative estimate of drug-likeness (QED) is 0.632. The Morgan fingerprint density at radius 1 is 1.42 bits per heavy atom. The fraction of sp³-hybridized carbons (Fsp3) is 0.900. The topological polar surface area (TPSA) is 29.1 Å². The van der Waals surface area contributed by atoms with E-state index in [1.54, 1.807) is 6.92 Å². The smallest absolute Gasteiger partial charge is 0.216 e. The van der Waals surface area contributed by atoms with Crippen molar-refractivity contribution in [1.82, 2.24) is 5.32 Å². The predicted molar refractivity (Wildman–Crippen MR) is 52.0 cm³/mol. The second-order valence-corrected chi connectivity index (χ2v) is 4.10. The summed E-state index contributed by atoms with van der Waals surface area (Å²) in [4.78, 5) is 10.5. The molecule has 0 spiro atoms. The molecule has 12 heavy (non-hydrogen) atoms. The molecule has 0 atom stereocenters. The van der Waals surface area contributed by atoms with E-state index in [-0.39, 0.29) is 5.91 Å². The largest absolute Gasteiger partial charge is 0.356 e. The Hall–Kier alpha value is -0.530. The van der Waals surface area contributed by atoms with Crippen LogP contribution in [0.4, 0.5) is 0 Å². The molecule has 0 aromatic carbocycles. The molecule has 2 heteroatoms. The summed E-state index contributed by atoms with van der Waals surface area (Å²) >= 11 is 0. The predicted octanol–water partition coefficient (Wildman–Crippen LogP) is 2.34. The number of hydrogen-bond donors (Lipinski definition) is 1. The molecule has 0 rings (SSSR count). The van der Waals surface area contributed by atoms with Gasteiger partial charge in [-0.25, -0.2) is 0 Å². The van der Waals surface area contributed by atoms with Gasteiger partial charge in [-0.05, 0) is 18.3 Å². The number of amides is 1. The minimum absolute atomic E-state index is 0.0734. The third-order valence-corrected chi connectivity index (χ3v) is 2.36. The first kappa shape index (κ1) is 11.5. The van der Waals surface area contributed by atoms with Gasteiger partial charge in [-0.15, -0.1) is 0 Å². The van der Waals surface area contributed by atoms with Crippen molar-refractivity contribution in [2.45, 2.75) is 47.0 Å². The van der Waals surface area contributed by atoms with Gasteiger partial charge >= 0.3 is 0 Å². The molecule has 0 saturated carbocycles. The Bertz CT molecular complexity index is 141. The Balaban J connectivity index is 3.37. The van der Waals surface area contributed by atoms with Gasteiger partial charge in [0.1, 0.15) is 0 Å². The maximum atomic E-state index is 10.5. The molecule has 72 valence electrons. The highest BCUT2D eigenvalue weighted by Gasteiger charge is 2.13. The average molecular weight is 171 g/mol. The molecular weight excluding hydrogens is 150 g/mol. The molecule has 0 heterocycles. The lowest BCUT2D eigenvalue weighted by atomic mass is 9.85. The zero-order chi connectivity index (χ0) is 9.61. The van der Waals surface area contributed by atoms with Crippen LogP contribution < -0.4 is 5.32 Å². The van der Waals surface area contributed by atoms with Gasteiger partial charge in [0.2, 0.25) is 5.91 Å². The summed E-state index contributed by atoms with van der Waals surface area (Å²) in [5.41, 5.74) is 0.429. The Kier molecular flexibility index (Phi) is 4.95. The minimum Gasteiger partial charge on any atom is -0.356 e. The van der Waals surface area contributed by atoms with Crippen LogP contribution in [0.15, 0.2) is 0 Å². The summed E-state index contributed by atoms with van der Waals surface area (Å²) in [6.07, 6.45) is 3.47. The monoisotopic (exact) mass is 171 g/mol. The lowest BCUT2D eigenvalue weighted by Crippen LogP contribution is -2.22. The molecule has 0 saturated heterocycles. The van der Waals surface area contributed by atoms with Gasteiger partial charge in [0.05, 0.1) is 0 Å². The van der Waals surface area contributed by atoms with Crippen LogP contribution in [-0.4, -0.2) is 12.5 Å². The number of carbonyl (C=O) groups is 1. The highest BCUT2D eigenvalue weighted by Crippen LogP contribution is 2.25. The van der Waals surface area contributed by atoms with Crippen LogP contribution in [0, 0.1) is 5.41 Å². The summed E-state index contributed by atoms with van der Waals surface area (Å²) in [6, 6.07) is 0. The van der Waals surface area contributed by atoms with Gasteiger partial charge in [0.25, 0.3) is 0 Å². The average Bonchev–Trinajstić information content (AvgIpc) is 1.98. The molecule has 0 bridgehead atoms. The van der Waals surface area contributed by atoms with Gasteiger partial charge in [-0.1, -0.05) is 27.2 Å². The number of nitrogens with one attached hydrogen (secondary N) is 1. The number of hydrogen-bond acceptors (Lipinski definition) is 1. The molecule has 2 nitrogen and oxygen atoms in total. The first-order valence-corrected chi connectivity index (χ1v) is 4.72. The van der Waals surface area contributed by atoms with Gasteiger partial charge < -0.3 is 5.32 Å². The highest BCUT2D eigenvalue weighted by atomic mass is 16.1. The van der Waals surface area contributed by atoms with E-state index in [9.17, 15) is 4.79 Å². The summed E-state index contributed by atoms with van der Waals surface area (Å²) in [5.74, 6) is 0.0734. The normalized spacial score (nSPS) is 11.3. The van der Waals surface area contributed by atoms with Crippen LogP contribution in [0.5, 0.6) is 0 Å². The van der Waals surface area contributed by atoms with Crippen molar-refractivity contribution in [3.8, 4) is 0 Å². The molecule has 0 aliphatic heterocycles. The van der Waals surface area contributed by atoms with Crippen LogP contribution in [-0.2, 0) is 4.79 Å². The van der Waals surface area contributed by atoms with E-state index in [0.29, 0.717) is 5.41 Å². The number of rotatable bonds is 5. The molecule has 0 fully saturated rings. The molecule has 0 radical (unpaired) electrons. The van der Waals surface area contributed by atoms with Gasteiger partial charge in [0.15, 0.2) is 0 Å². The number of carbonyl (C=O) groups excluding carboxylic acids is 1. The molecular formula is C10H21NO. The van der Waals surface area contributed by atoms with Crippen LogP contribution in [0.25, 0.3) is 0 Å². The van der Waals surface area contributed by atoms with E-state index in [1.165, 1.54) is 12.8 Å². The molecule has 0 unspecified atom stereocenters. The van der Waals surface area contributed by atoms with Gasteiger partial charge in [0, 0.05) is 13.5 Å². The highest BCUT2D eigenvalue weighted by molar-refractivity contribution is 5.72. The molecule has 0 aromatic heterocycles. The van der Waals surface area contributed by atoms with Crippen molar-refractivity contribution in [2.75, 3.05) is 6.54 Å². The summed E-state index contributed by atoms with van der Waals surface area (Å²) in [7, 11) is 0. The first-order valence-electron chi connectivity index (χ1n) is 4.72. The summed E-state index contributed by atoms with van der Waals surface area (Å²) in [6.45, 7) is 9.11. The SMILES string of the molecule is CCC(C)(C)CCCNC(C)=O.